The van der Waals surface area contributed by atoms with Crippen LogP contribution in [-0.2, 0) is 9.59 Å². The van der Waals surface area contributed by atoms with Gasteiger partial charge in [-0.15, -0.1) is 0 Å². The maximum absolute atomic E-state index is 10.8. The summed E-state index contributed by atoms with van der Waals surface area (Å²) in [7, 11) is 0. The minimum Gasteiger partial charge on any atom is -0.475 e. The Morgan fingerprint density at radius 1 is 0.947 bits per heavy atom. The van der Waals surface area contributed by atoms with E-state index < -0.39 is 12.1 Å². The fourth-order valence-electron chi connectivity index (χ4n) is 1.10. The Kier molecular flexibility index (Phi) is 12.6. The van der Waals surface area contributed by atoms with Crippen molar-refractivity contribution in [1.82, 2.24) is 0 Å². The Balaban J connectivity index is 0. The van der Waals surface area contributed by atoms with Crippen LogP contribution in [0, 0.1) is 0 Å². The summed E-state index contributed by atoms with van der Waals surface area (Å²) in [5.74, 6) is -2.58. The van der Waals surface area contributed by atoms with Gasteiger partial charge < -0.3 is 16.6 Å². The van der Waals surface area contributed by atoms with Crippen molar-refractivity contribution in [3.8, 4) is 0 Å². The zero-order chi connectivity index (χ0) is 15.3. The monoisotopic (exact) mass is 286 g/mol. The highest BCUT2D eigenvalue weighted by Crippen LogP contribution is 2.13. The molecule has 0 aliphatic rings. The first kappa shape index (κ1) is 20.2. The zero-order valence-corrected chi connectivity index (χ0v) is 10.7. The largest absolute Gasteiger partial charge is 0.490 e. The molecule has 5 N–H and O–H groups in total. The molecule has 0 rings (SSSR count). The molecule has 0 saturated heterocycles. The van der Waals surface area contributed by atoms with E-state index >= 15 is 0 Å². The Labute approximate surface area is 110 Å². The number of unbranched alkanes of at least 4 members (excludes halogenated alkanes) is 4. The van der Waals surface area contributed by atoms with Crippen LogP contribution in [0.1, 0.15) is 38.5 Å². The third-order valence-corrected chi connectivity index (χ3v) is 2.13. The predicted molar refractivity (Wildman–Crippen MR) is 64.5 cm³/mol. The Morgan fingerprint density at radius 3 is 1.74 bits per heavy atom. The number of rotatable bonds is 8. The highest BCUT2D eigenvalue weighted by Gasteiger charge is 2.38. The van der Waals surface area contributed by atoms with Gasteiger partial charge in [-0.25, -0.2) is 4.79 Å². The lowest BCUT2D eigenvalue weighted by Gasteiger charge is -1.98. The van der Waals surface area contributed by atoms with Crippen LogP contribution in [-0.4, -0.2) is 36.1 Å². The van der Waals surface area contributed by atoms with Crippen LogP contribution in [0.2, 0.25) is 0 Å². The summed E-state index contributed by atoms with van der Waals surface area (Å²) in [4.78, 5) is 19.7. The van der Waals surface area contributed by atoms with Gasteiger partial charge in [-0.05, 0) is 19.4 Å². The minimum absolute atomic E-state index is 0.175. The van der Waals surface area contributed by atoms with Gasteiger partial charge in [0.2, 0.25) is 0 Å². The summed E-state index contributed by atoms with van der Waals surface area (Å²) < 4.78 is 31.7. The summed E-state index contributed by atoms with van der Waals surface area (Å²) in [6.45, 7) is 0.977. The molecule has 0 aromatic carbocycles. The molecule has 0 spiro atoms. The van der Waals surface area contributed by atoms with E-state index in [-0.39, 0.29) is 12.3 Å². The van der Waals surface area contributed by atoms with Gasteiger partial charge in [0, 0.05) is 6.42 Å². The fourth-order valence-corrected chi connectivity index (χ4v) is 1.10. The number of carbonyl (C=O) groups is 2. The highest BCUT2D eigenvalue weighted by molar-refractivity contribution is 5.80. The van der Waals surface area contributed by atoms with Gasteiger partial charge in [-0.2, -0.15) is 13.2 Å². The number of nitrogens with two attached hydrogens (primary N) is 2. The molecular weight excluding hydrogens is 265 g/mol. The molecule has 0 aliphatic carbocycles. The molecular formula is C11H21F3N2O3. The molecule has 0 amide bonds. The fraction of sp³-hybridized carbons (Fsp3) is 0.818. The lowest BCUT2D eigenvalue weighted by molar-refractivity contribution is -0.192. The lowest BCUT2D eigenvalue weighted by atomic mass is 10.1. The number of aliphatic carboxylic acids is 1. The number of alkyl halides is 3. The van der Waals surface area contributed by atoms with E-state index in [0.29, 0.717) is 6.42 Å². The van der Waals surface area contributed by atoms with Crippen LogP contribution in [0.15, 0.2) is 0 Å². The van der Waals surface area contributed by atoms with Crippen molar-refractivity contribution in [2.24, 2.45) is 11.5 Å². The molecule has 0 radical (unpaired) electrons. The molecule has 0 fully saturated rings. The molecule has 0 bridgehead atoms. The number of halogens is 3. The smallest absolute Gasteiger partial charge is 0.475 e. The van der Waals surface area contributed by atoms with Crippen LogP contribution < -0.4 is 11.5 Å². The molecule has 8 heteroatoms. The molecule has 0 atom stereocenters. The quantitative estimate of drug-likeness (QED) is 0.585. The van der Waals surface area contributed by atoms with Crippen LogP contribution in [0.5, 0.6) is 0 Å². The number of carboxylic acids is 1. The normalized spacial score (nSPS) is 10.6. The number of ketones is 1. The van der Waals surface area contributed by atoms with Crippen LogP contribution >= 0.6 is 0 Å². The third-order valence-electron chi connectivity index (χ3n) is 2.13. The summed E-state index contributed by atoms with van der Waals surface area (Å²) in [5, 5.41) is 7.12. The van der Waals surface area contributed by atoms with Crippen molar-refractivity contribution in [2.75, 3.05) is 13.1 Å². The Morgan fingerprint density at radius 2 is 1.37 bits per heavy atom. The first-order chi connectivity index (χ1) is 8.75. The van der Waals surface area contributed by atoms with Crippen LogP contribution in [0.3, 0.4) is 0 Å². The van der Waals surface area contributed by atoms with Gasteiger partial charge in [0.05, 0.1) is 6.54 Å². The van der Waals surface area contributed by atoms with E-state index in [9.17, 15) is 18.0 Å². The van der Waals surface area contributed by atoms with Gasteiger partial charge in [-0.3, -0.25) is 4.79 Å². The third kappa shape index (κ3) is 16.9. The summed E-state index contributed by atoms with van der Waals surface area (Å²) in [5.41, 5.74) is 10.5. The van der Waals surface area contributed by atoms with E-state index in [2.05, 4.69) is 0 Å². The van der Waals surface area contributed by atoms with Gasteiger partial charge >= 0.3 is 12.1 Å². The molecule has 0 heterocycles. The molecule has 0 saturated carbocycles. The maximum Gasteiger partial charge on any atom is 0.490 e. The Bertz CT molecular complexity index is 258. The first-order valence-electron chi connectivity index (χ1n) is 5.97. The first-order valence-corrected chi connectivity index (χ1v) is 5.97. The standard InChI is InChI=1S/C9H20N2O.C2HF3O2/c10-7-5-3-1-2-4-6-9(12)8-11;3-2(4,5)1(6)7/h1-8,10-11H2;(H,6,7). The van der Waals surface area contributed by atoms with E-state index in [1.807, 2.05) is 0 Å². The number of hydrogen-bond donors (Lipinski definition) is 3. The average molecular weight is 286 g/mol. The summed E-state index contributed by atoms with van der Waals surface area (Å²) in [6.07, 6.45) is 1.17. The predicted octanol–water partition coefficient (Wildman–Crippen LogP) is 1.45. The highest BCUT2D eigenvalue weighted by atomic mass is 19.4. The molecule has 114 valence electrons. The summed E-state index contributed by atoms with van der Waals surface area (Å²) >= 11 is 0. The number of carboxylic acid groups (broad SMARTS) is 1. The maximum atomic E-state index is 10.8. The van der Waals surface area contributed by atoms with Crippen molar-refractivity contribution in [1.29, 1.82) is 0 Å². The number of carbonyl (C=O) groups excluding carboxylic acids is 1. The lowest BCUT2D eigenvalue weighted by Crippen LogP contribution is -2.21. The van der Waals surface area contributed by atoms with Gasteiger partial charge in [0.25, 0.3) is 0 Å². The topological polar surface area (TPSA) is 106 Å². The van der Waals surface area contributed by atoms with Crippen molar-refractivity contribution < 1.29 is 27.9 Å². The van der Waals surface area contributed by atoms with E-state index in [4.69, 9.17) is 21.4 Å². The van der Waals surface area contributed by atoms with Crippen LogP contribution in [0.4, 0.5) is 13.2 Å². The zero-order valence-electron chi connectivity index (χ0n) is 10.7. The number of Topliss-reactive ketones (excluding diaryl/α,β-unsaturated/α-hetero) is 1. The minimum atomic E-state index is -5.08. The molecule has 0 aliphatic heterocycles. The SMILES string of the molecule is NCCCCCCCC(=O)CN.O=C(O)C(F)(F)F. The van der Waals surface area contributed by atoms with Crippen molar-refractivity contribution >= 4 is 11.8 Å². The van der Waals surface area contributed by atoms with Gasteiger partial charge in [-0.1, -0.05) is 19.3 Å². The second-order valence-corrected chi connectivity index (χ2v) is 3.85. The second kappa shape index (κ2) is 11.9. The second-order valence-electron chi connectivity index (χ2n) is 3.85. The van der Waals surface area contributed by atoms with Crippen LogP contribution in [0.25, 0.3) is 0 Å². The Hall–Kier alpha value is -1.15. The summed E-state index contributed by atoms with van der Waals surface area (Å²) in [6, 6.07) is 0. The van der Waals surface area contributed by atoms with Gasteiger partial charge in [0.15, 0.2) is 0 Å². The molecule has 0 aromatic heterocycles. The molecule has 19 heavy (non-hydrogen) atoms. The van der Waals surface area contributed by atoms with Crippen molar-refractivity contribution in [3.63, 3.8) is 0 Å². The molecule has 0 aromatic rings. The van der Waals surface area contributed by atoms with E-state index in [1.165, 1.54) is 12.8 Å². The van der Waals surface area contributed by atoms with Crippen molar-refractivity contribution in [3.05, 3.63) is 0 Å². The molecule has 0 unspecified atom stereocenters. The number of hydrogen-bond acceptors (Lipinski definition) is 4. The average Bonchev–Trinajstić information content (AvgIpc) is 2.32. The van der Waals surface area contributed by atoms with Crippen molar-refractivity contribution in [2.45, 2.75) is 44.7 Å². The van der Waals surface area contributed by atoms with Gasteiger partial charge in [0.1, 0.15) is 5.78 Å². The van der Waals surface area contributed by atoms with E-state index in [1.54, 1.807) is 0 Å². The molecule has 5 nitrogen and oxygen atoms in total. The van der Waals surface area contributed by atoms with E-state index in [0.717, 1.165) is 25.8 Å².